The second-order valence-corrected chi connectivity index (χ2v) is 7.11. The van der Waals surface area contributed by atoms with E-state index >= 15 is 0 Å². The molecule has 2 amide bonds. The highest BCUT2D eigenvalue weighted by Crippen LogP contribution is 2.19. The van der Waals surface area contributed by atoms with Crippen LogP contribution in [0.5, 0.6) is 5.75 Å². The Bertz CT molecular complexity index is 872. The zero-order chi connectivity index (χ0) is 20.5. The molecule has 2 N–H and O–H groups in total. The third kappa shape index (κ3) is 6.21. The van der Waals surface area contributed by atoms with Crippen LogP contribution in [0.3, 0.4) is 0 Å². The third-order valence-corrected chi connectivity index (χ3v) is 4.93. The van der Waals surface area contributed by atoms with Gasteiger partial charge in [0.1, 0.15) is 5.75 Å². The normalized spacial score (nSPS) is 13.3. The number of amides is 2. The zero-order valence-electron chi connectivity index (χ0n) is 16.9. The second kappa shape index (κ2) is 10.5. The maximum atomic E-state index is 12.5. The lowest BCUT2D eigenvalue weighted by molar-refractivity contribution is 0.0954. The summed E-state index contributed by atoms with van der Waals surface area (Å²) in [5.41, 5.74) is 3.04. The molecular weight excluding hydrogens is 364 g/mol. The molecule has 0 bridgehead atoms. The molecule has 0 aliphatic heterocycles. The van der Waals surface area contributed by atoms with E-state index in [9.17, 15) is 9.59 Å². The van der Waals surface area contributed by atoms with Crippen LogP contribution in [-0.4, -0.2) is 25.0 Å². The zero-order valence-corrected chi connectivity index (χ0v) is 16.9. The Labute approximate surface area is 172 Å². The molecular formula is C24H28N2O3. The number of benzene rings is 2. The van der Waals surface area contributed by atoms with E-state index in [1.165, 1.54) is 18.4 Å². The lowest BCUT2D eigenvalue weighted by Crippen LogP contribution is -2.25. The Kier molecular flexibility index (Phi) is 7.45. The molecule has 0 fully saturated rings. The van der Waals surface area contributed by atoms with Crippen molar-refractivity contribution in [2.45, 2.75) is 39.0 Å². The number of anilines is 1. The van der Waals surface area contributed by atoms with Crippen molar-refractivity contribution in [1.29, 1.82) is 0 Å². The summed E-state index contributed by atoms with van der Waals surface area (Å²) in [7, 11) is 0. The van der Waals surface area contributed by atoms with Crippen LogP contribution < -0.4 is 15.4 Å². The predicted octanol–water partition coefficient (Wildman–Crippen LogP) is 4.96. The van der Waals surface area contributed by atoms with E-state index in [4.69, 9.17) is 4.74 Å². The molecule has 0 unspecified atom stereocenters. The maximum absolute atomic E-state index is 12.5. The summed E-state index contributed by atoms with van der Waals surface area (Å²) in [5.74, 6) is 0.349. The van der Waals surface area contributed by atoms with Crippen LogP contribution in [0.2, 0.25) is 0 Å². The first kappa shape index (κ1) is 20.6. The van der Waals surface area contributed by atoms with E-state index in [0.717, 1.165) is 25.0 Å². The Morgan fingerprint density at radius 2 is 1.76 bits per heavy atom. The summed E-state index contributed by atoms with van der Waals surface area (Å²) in [6, 6.07) is 14.0. The number of carbonyl (C=O) groups excluding carboxylic acids is 2. The number of allylic oxidation sites excluding steroid dienone is 1. The highest BCUT2D eigenvalue weighted by Gasteiger charge is 2.11. The molecule has 2 aromatic rings. The van der Waals surface area contributed by atoms with Gasteiger partial charge in [-0.15, -0.1) is 0 Å². The fraction of sp³-hybridized carbons (Fsp3) is 0.333. The summed E-state index contributed by atoms with van der Waals surface area (Å²) in [6.45, 7) is 3.14. The van der Waals surface area contributed by atoms with Crippen molar-refractivity contribution in [3.8, 4) is 5.75 Å². The minimum Gasteiger partial charge on any atom is -0.494 e. The standard InChI is InChI=1S/C24H28N2O3/c1-2-29-22-13-11-21(12-14-22)26-24(28)20-10-6-9-19(17-20)23(27)25-16-15-18-7-4-3-5-8-18/h6-7,9-14,17H,2-5,8,15-16H2,1H3,(H,25,27)(H,26,28). The van der Waals surface area contributed by atoms with E-state index in [0.29, 0.717) is 30.0 Å². The smallest absolute Gasteiger partial charge is 0.255 e. The van der Waals surface area contributed by atoms with Crippen molar-refractivity contribution < 1.29 is 14.3 Å². The average molecular weight is 392 g/mol. The number of hydrogen-bond acceptors (Lipinski definition) is 3. The van der Waals surface area contributed by atoms with Crippen LogP contribution in [-0.2, 0) is 0 Å². The van der Waals surface area contributed by atoms with Crippen molar-refractivity contribution in [3.63, 3.8) is 0 Å². The monoisotopic (exact) mass is 392 g/mol. The second-order valence-electron chi connectivity index (χ2n) is 7.11. The van der Waals surface area contributed by atoms with Crippen LogP contribution in [0.4, 0.5) is 5.69 Å². The molecule has 5 nitrogen and oxygen atoms in total. The Morgan fingerprint density at radius 3 is 2.45 bits per heavy atom. The lowest BCUT2D eigenvalue weighted by Gasteiger charge is -2.13. The quantitative estimate of drug-likeness (QED) is 0.624. The molecule has 0 radical (unpaired) electrons. The molecule has 3 rings (SSSR count). The molecule has 0 saturated carbocycles. The summed E-state index contributed by atoms with van der Waals surface area (Å²) >= 11 is 0. The summed E-state index contributed by atoms with van der Waals surface area (Å²) in [5, 5.41) is 5.80. The molecule has 0 aromatic heterocycles. The summed E-state index contributed by atoms with van der Waals surface area (Å²) < 4.78 is 5.40. The van der Waals surface area contributed by atoms with Gasteiger partial charge in [-0.05, 0) is 81.5 Å². The number of carbonyl (C=O) groups is 2. The topological polar surface area (TPSA) is 67.4 Å². The fourth-order valence-corrected chi connectivity index (χ4v) is 3.38. The molecule has 0 saturated heterocycles. The highest BCUT2D eigenvalue weighted by atomic mass is 16.5. The lowest BCUT2D eigenvalue weighted by atomic mass is 9.97. The molecule has 0 heterocycles. The van der Waals surface area contributed by atoms with Gasteiger partial charge in [0.2, 0.25) is 0 Å². The van der Waals surface area contributed by atoms with Gasteiger partial charge in [-0.3, -0.25) is 9.59 Å². The van der Waals surface area contributed by atoms with E-state index in [1.807, 2.05) is 19.1 Å². The molecule has 0 atom stereocenters. The van der Waals surface area contributed by atoms with Gasteiger partial charge in [0, 0.05) is 23.4 Å². The average Bonchev–Trinajstić information content (AvgIpc) is 2.76. The highest BCUT2D eigenvalue weighted by molar-refractivity contribution is 6.06. The van der Waals surface area contributed by atoms with Crippen molar-refractivity contribution in [2.24, 2.45) is 0 Å². The SMILES string of the molecule is CCOc1ccc(NC(=O)c2cccc(C(=O)NCCC3=CCCCC3)c2)cc1. The predicted molar refractivity (Wildman–Crippen MR) is 116 cm³/mol. The van der Waals surface area contributed by atoms with Crippen molar-refractivity contribution in [2.75, 3.05) is 18.5 Å². The number of hydrogen-bond donors (Lipinski definition) is 2. The molecule has 2 aromatic carbocycles. The number of rotatable bonds is 8. The Balaban J connectivity index is 1.55. The molecule has 0 spiro atoms. The van der Waals surface area contributed by atoms with Gasteiger partial charge in [0.25, 0.3) is 11.8 Å². The van der Waals surface area contributed by atoms with E-state index in [2.05, 4.69) is 16.7 Å². The number of ether oxygens (including phenoxy) is 1. The number of nitrogens with one attached hydrogen (secondary N) is 2. The van der Waals surface area contributed by atoms with Gasteiger partial charge >= 0.3 is 0 Å². The molecule has 1 aliphatic rings. The van der Waals surface area contributed by atoms with Gasteiger partial charge in [0.15, 0.2) is 0 Å². The first-order valence-corrected chi connectivity index (χ1v) is 10.3. The molecule has 1 aliphatic carbocycles. The fourth-order valence-electron chi connectivity index (χ4n) is 3.38. The largest absolute Gasteiger partial charge is 0.494 e. The minimum absolute atomic E-state index is 0.155. The van der Waals surface area contributed by atoms with E-state index in [1.54, 1.807) is 36.4 Å². The van der Waals surface area contributed by atoms with Crippen LogP contribution in [0.1, 0.15) is 59.7 Å². The maximum Gasteiger partial charge on any atom is 0.255 e. The van der Waals surface area contributed by atoms with Gasteiger partial charge in [0.05, 0.1) is 6.61 Å². The molecule has 152 valence electrons. The summed E-state index contributed by atoms with van der Waals surface area (Å²) in [6.07, 6.45) is 7.98. The Hall–Kier alpha value is -3.08. The van der Waals surface area contributed by atoms with Crippen molar-refractivity contribution in [3.05, 3.63) is 71.3 Å². The van der Waals surface area contributed by atoms with Crippen LogP contribution in [0.15, 0.2) is 60.2 Å². The molecule has 5 heteroatoms. The first-order valence-electron chi connectivity index (χ1n) is 10.3. The van der Waals surface area contributed by atoms with Gasteiger partial charge < -0.3 is 15.4 Å². The van der Waals surface area contributed by atoms with E-state index in [-0.39, 0.29) is 11.8 Å². The van der Waals surface area contributed by atoms with E-state index < -0.39 is 0 Å². The third-order valence-electron chi connectivity index (χ3n) is 4.93. The summed E-state index contributed by atoms with van der Waals surface area (Å²) in [4.78, 5) is 25.0. The van der Waals surface area contributed by atoms with Gasteiger partial charge in [-0.1, -0.05) is 17.7 Å². The van der Waals surface area contributed by atoms with Crippen molar-refractivity contribution >= 4 is 17.5 Å². The van der Waals surface area contributed by atoms with Crippen LogP contribution >= 0.6 is 0 Å². The van der Waals surface area contributed by atoms with Gasteiger partial charge in [-0.25, -0.2) is 0 Å². The van der Waals surface area contributed by atoms with Crippen LogP contribution in [0, 0.1) is 0 Å². The minimum atomic E-state index is -0.254. The molecule has 29 heavy (non-hydrogen) atoms. The van der Waals surface area contributed by atoms with Gasteiger partial charge in [-0.2, -0.15) is 0 Å². The van der Waals surface area contributed by atoms with Crippen LogP contribution in [0.25, 0.3) is 0 Å². The van der Waals surface area contributed by atoms with Crippen molar-refractivity contribution in [1.82, 2.24) is 5.32 Å². The Morgan fingerprint density at radius 1 is 1.00 bits per heavy atom. The first-order chi connectivity index (χ1) is 14.2.